The zero-order chi connectivity index (χ0) is 14.8. The van der Waals surface area contributed by atoms with Crippen LogP contribution in [0.1, 0.15) is 38.2 Å². The average Bonchev–Trinajstić information content (AvgIpc) is 2.38. The molecule has 2 atom stereocenters. The summed E-state index contributed by atoms with van der Waals surface area (Å²) in [7, 11) is -3.55. The van der Waals surface area contributed by atoms with Crippen LogP contribution in [0.4, 0.5) is 0 Å². The molecule has 2 rings (SSSR count). The lowest BCUT2D eigenvalue weighted by atomic mass is 9.88. The van der Waals surface area contributed by atoms with Crippen LogP contribution < -0.4 is 4.72 Å². The molecule has 1 aromatic carbocycles. The molecule has 20 heavy (non-hydrogen) atoms. The minimum atomic E-state index is -3.55. The van der Waals surface area contributed by atoms with Crippen LogP contribution in [0.3, 0.4) is 0 Å². The van der Waals surface area contributed by atoms with Crippen LogP contribution in [0.25, 0.3) is 0 Å². The molecule has 1 saturated carbocycles. The SMILES string of the molecule is CC1CCCC(NS(=O)(=O)c2ccc(Cl)c(CO)c2)C1. The van der Waals surface area contributed by atoms with Crippen molar-refractivity contribution in [2.45, 2.75) is 50.2 Å². The molecule has 1 aliphatic rings. The molecule has 0 saturated heterocycles. The summed E-state index contributed by atoms with van der Waals surface area (Å²) in [6, 6.07) is 4.40. The van der Waals surface area contributed by atoms with E-state index in [4.69, 9.17) is 16.7 Å². The maximum atomic E-state index is 12.4. The van der Waals surface area contributed by atoms with E-state index in [1.807, 2.05) is 0 Å². The lowest BCUT2D eigenvalue weighted by Crippen LogP contribution is -2.37. The van der Waals surface area contributed by atoms with Gasteiger partial charge in [-0.1, -0.05) is 31.4 Å². The van der Waals surface area contributed by atoms with Crippen molar-refractivity contribution in [3.63, 3.8) is 0 Å². The highest BCUT2D eigenvalue weighted by atomic mass is 35.5. The summed E-state index contributed by atoms with van der Waals surface area (Å²) >= 11 is 5.88. The second kappa shape index (κ2) is 6.43. The maximum Gasteiger partial charge on any atom is 0.240 e. The van der Waals surface area contributed by atoms with E-state index in [0.29, 0.717) is 16.5 Å². The first-order chi connectivity index (χ1) is 9.42. The molecule has 112 valence electrons. The van der Waals surface area contributed by atoms with Gasteiger partial charge in [0, 0.05) is 11.1 Å². The minimum absolute atomic E-state index is 0.00277. The van der Waals surface area contributed by atoms with Crippen LogP contribution in [-0.2, 0) is 16.6 Å². The first-order valence-electron chi connectivity index (χ1n) is 6.84. The standard InChI is InChI=1S/C14H20ClNO3S/c1-10-3-2-4-12(7-10)16-20(18,19)13-5-6-14(15)11(8-13)9-17/h5-6,8,10,12,16-17H,2-4,7,9H2,1H3. The van der Waals surface area contributed by atoms with Gasteiger partial charge in [0.25, 0.3) is 0 Å². The smallest absolute Gasteiger partial charge is 0.240 e. The summed E-state index contributed by atoms with van der Waals surface area (Å²) in [5, 5.41) is 9.54. The average molecular weight is 318 g/mol. The lowest BCUT2D eigenvalue weighted by Gasteiger charge is -2.27. The van der Waals surface area contributed by atoms with Crippen LogP contribution in [0, 0.1) is 5.92 Å². The summed E-state index contributed by atoms with van der Waals surface area (Å²) in [6.07, 6.45) is 3.97. The van der Waals surface area contributed by atoms with Gasteiger partial charge in [-0.05, 0) is 42.5 Å². The first-order valence-corrected chi connectivity index (χ1v) is 8.70. The predicted molar refractivity (Wildman–Crippen MR) is 79.1 cm³/mol. The van der Waals surface area contributed by atoms with Gasteiger partial charge < -0.3 is 5.11 Å². The van der Waals surface area contributed by atoms with Gasteiger partial charge in [0.15, 0.2) is 0 Å². The predicted octanol–water partition coefficient (Wildman–Crippen LogP) is 2.69. The first kappa shape index (κ1) is 15.8. The van der Waals surface area contributed by atoms with Crippen molar-refractivity contribution in [1.29, 1.82) is 0 Å². The number of hydrogen-bond acceptors (Lipinski definition) is 3. The second-order valence-electron chi connectivity index (χ2n) is 5.50. The topological polar surface area (TPSA) is 66.4 Å². The normalized spacial score (nSPS) is 23.8. The summed E-state index contributed by atoms with van der Waals surface area (Å²) in [4.78, 5) is 0.157. The molecule has 0 radical (unpaired) electrons. The molecule has 0 aliphatic heterocycles. The van der Waals surface area contributed by atoms with Gasteiger partial charge in [-0.25, -0.2) is 13.1 Å². The third-order valence-electron chi connectivity index (χ3n) is 3.76. The number of rotatable bonds is 4. The summed E-state index contributed by atoms with van der Waals surface area (Å²) in [6.45, 7) is 1.87. The van der Waals surface area contributed by atoms with E-state index < -0.39 is 10.0 Å². The van der Waals surface area contributed by atoms with Crippen LogP contribution in [-0.4, -0.2) is 19.6 Å². The zero-order valence-electron chi connectivity index (χ0n) is 11.5. The maximum absolute atomic E-state index is 12.4. The fourth-order valence-corrected chi connectivity index (χ4v) is 4.18. The molecule has 2 unspecified atom stereocenters. The van der Waals surface area contributed by atoms with E-state index in [-0.39, 0.29) is 17.5 Å². The van der Waals surface area contributed by atoms with E-state index in [9.17, 15) is 8.42 Å². The van der Waals surface area contributed by atoms with E-state index >= 15 is 0 Å². The fourth-order valence-electron chi connectivity index (χ4n) is 2.67. The molecule has 4 nitrogen and oxygen atoms in total. The van der Waals surface area contributed by atoms with Gasteiger partial charge >= 0.3 is 0 Å². The highest BCUT2D eigenvalue weighted by molar-refractivity contribution is 7.89. The molecule has 0 bridgehead atoms. The zero-order valence-corrected chi connectivity index (χ0v) is 13.0. The Morgan fingerprint density at radius 2 is 2.15 bits per heavy atom. The molecule has 1 aromatic rings. The quantitative estimate of drug-likeness (QED) is 0.897. The minimum Gasteiger partial charge on any atom is -0.392 e. The Bertz CT molecular complexity index is 574. The van der Waals surface area contributed by atoms with Crippen molar-refractivity contribution >= 4 is 21.6 Å². The molecule has 0 heterocycles. The number of halogens is 1. The van der Waals surface area contributed by atoms with Crippen molar-refractivity contribution in [2.75, 3.05) is 0 Å². The third-order valence-corrected chi connectivity index (χ3v) is 5.64. The van der Waals surface area contributed by atoms with Crippen molar-refractivity contribution in [1.82, 2.24) is 4.72 Å². The number of sulfonamides is 1. The fraction of sp³-hybridized carbons (Fsp3) is 0.571. The second-order valence-corrected chi connectivity index (χ2v) is 7.62. The number of nitrogens with one attached hydrogen (secondary N) is 1. The third kappa shape index (κ3) is 3.73. The Kier molecular flexibility index (Phi) is 5.07. The van der Waals surface area contributed by atoms with Crippen molar-refractivity contribution < 1.29 is 13.5 Å². The van der Waals surface area contributed by atoms with E-state index in [2.05, 4.69) is 11.6 Å². The molecular formula is C14H20ClNO3S. The molecule has 0 amide bonds. The number of aliphatic hydroxyl groups is 1. The summed E-state index contributed by atoms with van der Waals surface area (Å²) < 4.78 is 27.5. The van der Waals surface area contributed by atoms with Crippen LogP contribution >= 0.6 is 11.6 Å². The highest BCUT2D eigenvalue weighted by Crippen LogP contribution is 2.26. The molecule has 0 spiro atoms. The lowest BCUT2D eigenvalue weighted by molar-refractivity contribution is 0.281. The Labute approximate surface area is 125 Å². The van der Waals surface area contributed by atoms with Gasteiger partial charge in [-0.15, -0.1) is 0 Å². The molecule has 1 fully saturated rings. The van der Waals surface area contributed by atoms with Crippen molar-refractivity contribution in [3.05, 3.63) is 28.8 Å². The molecule has 1 aliphatic carbocycles. The van der Waals surface area contributed by atoms with Gasteiger partial charge in [0.05, 0.1) is 11.5 Å². The summed E-state index contributed by atoms with van der Waals surface area (Å²) in [5.41, 5.74) is 0.423. The summed E-state index contributed by atoms with van der Waals surface area (Å²) in [5.74, 6) is 0.551. The Morgan fingerprint density at radius 1 is 1.40 bits per heavy atom. The molecular weight excluding hydrogens is 298 g/mol. The van der Waals surface area contributed by atoms with Gasteiger partial charge in [-0.3, -0.25) is 0 Å². The monoisotopic (exact) mass is 317 g/mol. The van der Waals surface area contributed by atoms with Crippen LogP contribution in [0.2, 0.25) is 5.02 Å². The van der Waals surface area contributed by atoms with Crippen molar-refractivity contribution in [2.24, 2.45) is 5.92 Å². The molecule has 0 aromatic heterocycles. The van der Waals surface area contributed by atoms with Gasteiger partial charge in [-0.2, -0.15) is 0 Å². The van der Waals surface area contributed by atoms with E-state index in [0.717, 1.165) is 25.7 Å². The molecule has 6 heteroatoms. The van der Waals surface area contributed by atoms with Crippen LogP contribution in [0.15, 0.2) is 23.1 Å². The number of hydrogen-bond donors (Lipinski definition) is 2. The van der Waals surface area contributed by atoms with Gasteiger partial charge in [0.1, 0.15) is 0 Å². The molecule has 2 N–H and O–H groups in total. The largest absolute Gasteiger partial charge is 0.392 e. The Balaban J connectivity index is 2.17. The van der Waals surface area contributed by atoms with Gasteiger partial charge in [0.2, 0.25) is 10.0 Å². The van der Waals surface area contributed by atoms with Crippen molar-refractivity contribution in [3.8, 4) is 0 Å². The van der Waals surface area contributed by atoms with Crippen LogP contribution in [0.5, 0.6) is 0 Å². The van der Waals surface area contributed by atoms with E-state index in [1.54, 1.807) is 0 Å². The Hall–Kier alpha value is -0.620. The number of benzene rings is 1. The van der Waals surface area contributed by atoms with E-state index in [1.165, 1.54) is 18.2 Å². The highest BCUT2D eigenvalue weighted by Gasteiger charge is 2.25. The number of aliphatic hydroxyl groups excluding tert-OH is 1. The Morgan fingerprint density at radius 3 is 2.80 bits per heavy atom.